The van der Waals surface area contributed by atoms with Crippen molar-refractivity contribution in [2.45, 2.75) is 0 Å². The fourth-order valence-electron chi connectivity index (χ4n) is 21.4. The molecule has 0 saturated heterocycles. The number of hydrogen-bond donors (Lipinski definition) is 0. The van der Waals surface area contributed by atoms with Crippen molar-refractivity contribution in [1.29, 1.82) is 0 Å². The number of para-hydroxylation sites is 1. The molecule has 0 saturated carbocycles. The Balaban J connectivity index is 0.000000119. The molecule has 0 fully saturated rings. The SMILES string of the molecule is [2H]c1c([2H])c([2H])c(-c2c([2H])c([2H])c(N(c3c([2H])c([2H])c([2H])c([2H])c3[2H])c3c([2H])c([2H])c([2H])c(-n4c5cccc6c7cccc8c9ccccc9c9ccc4c(c9c87)c65)c3[2H])c([2H])c2[2H])c([2H])c1[2H].[2H]c1c([2H])c([2H])c(-c2nc(-c3c([2H])c([2H])c([2H])c([2H])c3[2H])nc(-c3c([2H])c([2H])c([2H])c(-n4c5cccc6c7cccc8c9ccccc9c9ccc4c(c9c87)c65)c3[2H])n2)c([2H])c1[2H].c1ccc(-c2ccc(-c3ccc(-c4cc5ccc6cccc7c8cccc9sc4c(c98)c5c67)cc3)cc2)cc1. The highest BCUT2D eigenvalue weighted by atomic mass is 32.1. The Morgan fingerprint density at radius 3 is 1.13 bits per heavy atom. The number of benzene rings is 27. The highest BCUT2D eigenvalue weighted by Gasteiger charge is 2.29. The first-order valence-corrected chi connectivity index (χ1v) is 45.6. The number of fused-ring (bicyclic) bond motifs is 9. The normalized spacial score (nSPS) is 15.3. The van der Waals surface area contributed by atoms with Crippen LogP contribution in [-0.2, 0) is 0 Å². The van der Waals surface area contributed by atoms with Gasteiger partial charge in [0.05, 0.1) is 65.9 Å². The lowest BCUT2D eigenvalue weighted by Crippen LogP contribution is -2.10. The molecule has 0 amide bonds. The summed E-state index contributed by atoms with van der Waals surface area (Å²) in [7, 11) is 0. The number of nitrogens with zero attached hydrogens (tertiary/aromatic N) is 6. The molecule has 27 aromatic carbocycles. The summed E-state index contributed by atoms with van der Waals surface area (Å²) in [6.45, 7) is 0. The number of aromatic nitrogens is 5. The first-order valence-electron chi connectivity index (χ1n) is 60.7. The summed E-state index contributed by atoms with van der Waals surface area (Å²) in [5.41, 5.74) is 4.27. The summed E-state index contributed by atoms with van der Waals surface area (Å²) >= 11 is 1.94. The van der Waals surface area contributed by atoms with Crippen molar-refractivity contribution in [1.82, 2.24) is 24.1 Å². The van der Waals surface area contributed by atoms with Crippen molar-refractivity contribution in [2.75, 3.05) is 4.90 Å². The molecule has 0 spiro atoms. The largest absolute Gasteiger partial charge is 0.310 e. The minimum atomic E-state index is -1.01. The molecule has 0 unspecified atom stereocenters. The number of hydrogen-bond acceptors (Lipinski definition) is 5. The van der Waals surface area contributed by atoms with Crippen LogP contribution in [0.15, 0.2) is 472 Å². The standard InChI is InChI=1S/C48H30N2.C45H26N4.C38H22S/c1-3-12-31(13-4-1)32-24-26-34(27-25-32)49(33-14-5-2-6-15-33)35-16-9-17-36(30-35)50-43-23-11-22-41-40-21-10-20-39-37-18-7-8-19-38(37)42-28-29-44(50)48(46(41)43)47(42)45(39)40;1-3-12-27(13-4-1)43-46-44(28-14-5-2-6-15-28)48-45(47-43)29-16-9-17-30(26-29)49-37-23-11-22-35-34-21-10-20-33-31-18-7-8-19-32(31)36-24-25-38(49)42(40(35)37)41(36)39(33)34;1-2-6-23(7-3-1)24-12-14-25(15-13-24)26-16-18-27(19-17-26)32-22-29-21-20-28-8-4-9-30-31-10-5-11-33-36(31)37(38(32)39-33)35(29)34(28)30/h1-30H;1-26H;1-22H/i1D,2D,3D,4D,5D,6D,9D,12D,13D,14D,15D,16D,17D,24D,25D,26D,27D,30D;1D,2D,3D,4D,5D,6D,9D,12D,13D,14D,15D,16D,17D,26D;. The molecular formula is C131H78N6S. The highest BCUT2D eigenvalue weighted by Crippen LogP contribution is 2.56. The van der Waals surface area contributed by atoms with Crippen LogP contribution in [0.5, 0.6) is 0 Å². The summed E-state index contributed by atoms with van der Waals surface area (Å²) in [6.07, 6.45) is 0. The maximum atomic E-state index is 10.1. The van der Waals surface area contributed by atoms with E-state index in [1.165, 1.54) is 85.9 Å². The Kier molecular flexibility index (Phi) is 11.7. The van der Waals surface area contributed by atoms with Crippen LogP contribution >= 0.6 is 11.3 Å². The molecule has 0 atom stereocenters. The van der Waals surface area contributed by atoms with E-state index in [2.05, 4.69) is 185 Å². The maximum Gasteiger partial charge on any atom is 0.164 e. The van der Waals surface area contributed by atoms with Crippen LogP contribution in [0.2, 0.25) is 0 Å². The average Bonchev–Trinajstić information content (AvgIpc) is 1.48. The minimum Gasteiger partial charge on any atom is -0.310 e. The molecule has 31 rings (SSSR count). The van der Waals surface area contributed by atoms with E-state index in [0.29, 0.717) is 27.0 Å². The van der Waals surface area contributed by atoms with Gasteiger partial charge in [0.25, 0.3) is 0 Å². The molecule has 4 aromatic heterocycles. The monoisotopic (exact) mass is 1800 g/mol. The molecule has 0 aliphatic heterocycles. The Morgan fingerprint density at radius 2 is 0.587 bits per heavy atom. The van der Waals surface area contributed by atoms with Gasteiger partial charge in [0, 0.05) is 103 Å². The summed E-state index contributed by atoms with van der Waals surface area (Å²) in [6, 6.07) is 72.0. The molecule has 7 heteroatoms. The summed E-state index contributed by atoms with van der Waals surface area (Å²) in [4.78, 5) is 13.9. The molecule has 638 valence electrons. The van der Waals surface area contributed by atoms with E-state index in [9.17, 15) is 16.4 Å². The van der Waals surface area contributed by atoms with Gasteiger partial charge in [0.2, 0.25) is 0 Å². The molecule has 0 bridgehead atoms. The van der Waals surface area contributed by atoms with Crippen molar-refractivity contribution in [3.05, 3.63) is 472 Å². The fourth-order valence-corrected chi connectivity index (χ4v) is 22.6. The maximum absolute atomic E-state index is 10.1. The Bertz CT molecular complexity index is 12100. The van der Waals surface area contributed by atoms with Crippen LogP contribution in [0.4, 0.5) is 17.1 Å². The van der Waals surface area contributed by atoms with Crippen molar-refractivity contribution in [3.8, 4) is 90.0 Å². The van der Waals surface area contributed by atoms with Crippen molar-refractivity contribution in [2.24, 2.45) is 0 Å². The van der Waals surface area contributed by atoms with Crippen LogP contribution in [-0.4, -0.2) is 24.1 Å². The fraction of sp³-hybridized carbons (Fsp3) is 0. The van der Waals surface area contributed by atoms with Gasteiger partial charge in [-0.3, -0.25) is 0 Å². The number of rotatable bonds is 12. The Labute approximate surface area is 842 Å². The lowest BCUT2D eigenvalue weighted by Gasteiger charge is -2.26. The van der Waals surface area contributed by atoms with Crippen molar-refractivity contribution >= 4 is 211 Å². The Morgan fingerprint density at radius 1 is 0.210 bits per heavy atom. The minimum absolute atomic E-state index is 0.0976. The second-order valence-electron chi connectivity index (χ2n) is 34.1. The van der Waals surface area contributed by atoms with Crippen molar-refractivity contribution < 1.29 is 43.9 Å². The van der Waals surface area contributed by atoms with E-state index in [4.69, 9.17) is 27.4 Å². The lowest BCUT2D eigenvalue weighted by atomic mass is 9.86. The van der Waals surface area contributed by atoms with E-state index < -0.39 is 256 Å². The second-order valence-corrected chi connectivity index (χ2v) is 35.2. The number of thiophene rings is 1. The summed E-state index contributed by atoms with van der Waals surface area (Å²) in [5.74, 6) is -1.68. The first kappa shape index (κ1) is 52.4. The smallest absolute Gasteiger partial charge is 0.164 e. The molecule has 0 aliphatic rings. The van der Waals surface area contributed by atoms with Gasteiger partial charge in [0.15, 0.2) is 17.5 Å². The highest BCUT2D eigenvalue weighted by molar-refractivity contribution is 7.26. The van der Waals surface area contributed by atoms with Crippen LogP contribution in [0.1, 0.15) is 43.9 Å². The third kappa shape index (κ3) is 11.9. The molecule has 6 nitrogen and oxygen atoms in total. The van der Waals surface area contributed by atoms with Gasteiger partial charge < -0.3 is 14.0 Å². The van der Waals surface area contributed by atoms with E-state index in [0.717, 1.165) is 108 Å². The van der Waals surface area contributed by atoms with Gasteiger partial charge in [-0.05, 0) is 237 Å². The predicted molar refractivity (Wildman–Crippen MR) is 587 cm³/mol. The van der Waals surface area contributed by atoms with Crippen LogP contribution in [0.25, 0.3) is 272 Å². The zero-order valence-electron chi connectivity index (χ0n) is 104. The third-order valence-corrected chi connectivity index (χ3v) is 28.2. The van der Waals surface area contributed by atoms with Crippen LogP contribution in [0.3, 0.4) is 0 Å². The molecule has 0 aliphatic carbocycles. The average molecular weight is 1800 g/mol. The summed E-state index contributed by atoms with van der Waals surface area (Å²) in [5, 5.41) is 30.3. The summed E-state index contributed by atoms with van der Waals surface area (Å²) < 4.78 is 290. The second kappa shape index (κ2) is 30.8. The quantitative estimate of drug-likeness (QED) is 0.0904. The molecule has 0 N–H and O–H groups in total. The van der Waals surface area contributed by atoms with E-state index in [-0.39, 0.29) is 11.4 Å². The predicted octanol–water partition coefficient (Wildman–Crippen LogP) is 36.3. The zero-order valence-corrected chi connectivity index (χ0v) is 73.0. The van der Waals surface area contributed by atoms with Gasteiger partial charge >= 0.3 is 0 Å². The van der Waals surface area contributed by atoms with Crippen molar-refractivity contribution in [3.63, 3.8) is 0 Å². The topological polar surface area (TPSA) is 51.8 Å². The zero-order chi connectivity index (χ0) is 118. The van der Waals surface area contributed by atoms with Gasteiger partial charge in [-0.15, -0.1) is 11.3 Å². The third-order valence-electron chi connectivity index (χ3n) is 27.0. The number of anilines is 3. The molecule has 0 radical (unpaired) electrons. The lowest BCUT2D eigenvalue weighted by molar-refractivity contribution is 1.07. The van der Waals surface area contributed by atoms with Gasteiger partial charge in [-0.2, -0.15) is 0 Å². The first-order chi connectivity index (χ1) is 81.8. The van der Waals surface area contributed by atoms with E-state index in [1.807, 2.05) is 114 Å². The van der Waals surface area contributed by atoms with Gasteiger partial charge in [-0.25, -0.2) is 15.0 Å². The van der Waals surface area contributed by atoms with E-state index in [1.54, 1.807) is 15.2 Å². The van der Waals surface area contributed by atoms with E-state index >= 15 is 0 Å². The molecule has 138 heavy (non-hydrogen) atoms. The van der Waals surface area contributed by atoms with Crippen LogP contribution < -0.4 is 4.90 Å². The van der Waals surface area contributed by atoms with Crippen LogP contribution in [0, 0.1) is 0 Å². The molecular weight excluding hydrogens is 1690 g/mol. The Hall–Kier alpha value is -18.0. The van der Waals surface area contributed by atoms with Gasteiger partial charge in [0.1, 0.15) is 0 Å². The molecule has 4 heterocycles. The molecule has 31 aromatic rings. The van der Waals surface area contributed by atoms with Gasteiger partial charge in [-0.1, -0.05) is 382 Å².